The zero-order valence-electron chi connectivity index (χ0n) is 8.58. The largest absolute Gasteiger partial charge is 0.351 e. The van der Waals surface area contributed by atoms with Gasteiger partial charge in [0.15, 0.2) is 5.17 Å². The first-order chi connectivity index (χ1) is 6.29. The van der Waals surface area contributed by atoms with Crippen molar-refractivity contribution in [3.05, 3.63) is 0 Å². The first-order valence-electron chi connectivity index (χ1n) is 4.55. The number of nitriles is 1. The maximum atomic E-state index is 8.46. The zero-order valence-corrected chi connectivity index (χ0v) is 9.39. The van der Waals surface area contributed by atoms with Crippen molar-refractivity contribution in [1.82, 2.24) is 4.90 Å². The molecule has 0 aliphatic rings. The summed E-state index contributed by atoms with van der Waals surface area (Å²) >= 11 is 1.53. The smallest absolute Gasteiger partial charge is 0.208 e. The van der Waals surface area contributed by atoms with Crippen molar-refractivity contribution >= 4 is 16.9 Å². The van der Waals surface area contributed by atoms with Crippen LogP contribution in [0.5, 0.6) is 0 Å². The third kappa shape index (κ3) is 4.79. The number of unbranched alkanes of at least 4 members (excludes halogenated alkanes) is 1. The Hall–Kier alpha value is -0.690. The lowest BCUT2D eigenvalue weighted by Crippen LogP contribution is -2.29. The summed E-state index contributed by atoms with van der Waals surface area (Å²) in [5.41, 5.74) is 0. The molecule has 0 rings (SSSR count). The molecule has 0 radical (unpaired) electrons. The number of nitrogens with zero attached hydrogens (tertiary/aromatic N) is 3. The zero-order chi connectivity index (χ0) is 10.1. The molecule has 0 atom stereocenters. The van der Waals surface area contributed by atoms with E-state index in [1.54, 1.807) is 0 Å². The van der Waals surface area contributed by atoms with Crippen LogP contribution >= 0.6 is 11.8 Å². The van der Waals surface area contributed by atoms with Crippen molar-refractivity contribution in [3.8, 4) is 6.19 Å². The van der Waals surface area contributed by atoms with Crippen molar-refractivity contribution in [1.29, 1.82) is 5.26 Å². The number of hydrogen-bond acceptors (Lipinski definition) is 3. The Morgan fingerprint density at radius 2 is 2.23 bits per heavy atom. The van der Waals surface area contributed by atoms with Gasteiger partial charge in [-0.2, -0.15) is 5.26 Å². The summed E-state index contributed by atoms with van der Waals surface area (Å²) in [5.74, 6) is 0. The van der Waals surface area contributed by atoms with Crippen LogP contribution in [0, 0.1) is 11.5 Å². The summed E-state index contributed by atoms with van der Waals surface area (Å²) in [6.45, 7) is 6.16. The molecule has 0 aromatic rings. The first-order valence-corrected chi connectivity index (χ1v) is 5.78. The lowest BCUT2D eigenvalue weighted by Gasteiger charge is -2.21. The van der Waals surface area contributed by atoms with Crippen molar-refractivity contribution < 1.29 is 0 Å². The summed E-state index contributed by atoms with van der Waals surface area (Å²) in [6, 6.07) is 0. The van der Waals surface area contributed by atoms with Crippen molar-refractivity contribution in [2.75, 3.05) is 19.3 Å². The van der Waals surface area contributed by atoms with Crippen molar-refractivity contribution in [2.45, 2.75) is 26.7 Å². The molecular weight excluding hydrogens is 182 g/mol. The van der Waals surface area contributed by atoms with E-state index in [9.17, 15) is 0 Å². The van der Waals surface area contributed by atoms with Crippen LogP contribution < -0.4 is 0 Å². The van der Waals surface area contributed by atoms with Gasteiger partial charge in [0.05, 0.1) is 0 Å². The average molecular weight is 199 g/mol. The van der Waals surface area contributed by atoms with Crippen LogP contribution in [0.25, 0.3) is 0 Å². The van der Waals surface area contributed by atoms with Gasteiger partial charge in [-0.3, -0.25) is 0 Å². The monoisotopic (exact) mass is 199 g/mol. The SMILES string of the molecule is CCCCN(CC)C(=NC#N)SC. The van der Waals surface area contributed by atoms with Gasteiger partial charge in [-0.15, -0.1) is 4.99 Å². The maximum Gasteiger partial charge on any atom is 0.208 e. The highest BCUT2D eigenvalue weighted by atomic mass is 32.2. The lowest BCUT2D eigenvalue weighted by molar-refractivity contribution is 0.436. The van der Waals surface area contributed by atoms with Crippen LogP contribution in [-0.4, -0.2) is 29.4 Å². The Bertz CT molecular complexity index is 196. The molecule has 0 saturated heterocycles. The van der Waals surface area contributed by atoms with E-state index in [0.717, 1.165) is 24.7 Å². The van der Waals surface area contributed by atoms with Crippen LogP contribution in [0.1, 0.15) is 26.7 Å². The normalized spacial score (nSPS) is 11.1. The maximum absolute atomic E-state index is 8.46. The third-order valence-corrected chi connectivity index (χ3v) is 2.48. The van der Waals surface area contributed by atoms with E-state index in [1.165, 1.54) is 18.2 Å². The predicted octanol–water partition coefficient (Wildman–Crippen LogP) is 2.31. The van der Waals surface area contributed by atoms with E-state index in [4.69, 9.17) is 5.26 Å². The van der Waals surface area contributed by atoms with E-state index in [-0.39, 0.29) is 0 Å². The molecule has 0 heterocycles. The number of amidine groups is 1. The van der Waals surface area contributed by atoms with Gasteiger partial charge in [-0.1, -0.05) is 25.1 Å². The van der Waals surface area contributed by atoms with E-state index in [2.05, 4.69) is 23.7 Å². The van der Waals surface area contributed by atoms with Crippen LogP contribution in [-0.2, 0) is 0 Å². The fraction of sp³-hybridized carbons (Fsp3) is 0.778. The van der Waals surface area contributed by atoms with Gasteiger partial charge in [-0.25, -0.2) is 0 Å². The summed E-state index contributed by atoms with van der Waals surface area (Å²) in [7, 11) is 0. The minimum absolute atomic E-state index is 0.832. The standard InChI is InChI=1S/C9H17N3S/c1-4-6-7-12(5-2)9(13-3)11-8-10/h4-7H2,1-3H3. The van der Waals surface area contributed by atoms with Gasteiger partial charge >= 0.3 is 0 Å². The quantitative estimate of drug-likeness (QED) is 0.396. The van der Waals surface area contributed by atoms with Gasteiger partial charge in [0.25, 0.3) is 0 Å². The molecule has 0 spiro atoms. The molecule has 13 heavy (non-hydrogen) atoms. The Morgan fingerprint density at radius 1 is 1.54 bits per heavy atom. The Labute approximate surface area is 84.8 Å². The van der Waals surface area contributed by atoms with Crippen LogP contribution in [0.15, 0.2) is 4.99 Å². The number of hydrogen-bond donors (Lipinski definition) is 0. The predicted molar refractivity (Wildman–Crippen MR) is 58.7 cm³/mol. The highest BCUT2D eigenvalue weighted by Crippen LogP contribution is 2.06. The molecule has 0 saturated carbocycles. The second kappa shape index (κ2) is 7.93. The molecule has 0 unspecified atom stereocenters. The fourth-order valence-corrected chi connectivity index (χ4v) is 1.64. The van der Waals surface area contributed by atoms with E-state index < -0.39 is 0 Å². The van der Waals surface area contributed by atoms with Gasteiger partial charge in [0.2, 0.25) is 6.19 Å². The molecule has 0 aliphatic heterocycles. The molecule has 0 N–H and O–H groups in total. The molecule has 0 bridgehead atoms. The van der Waals surface area contributed by atoms with Gasteiger partial charge in [-0.05, 0) is 19.6 Å². The van der Waals surface area contributed by atoms with Crippen molar-refractivity contribution in [2.24, 2.45) is 4.99 Å². The second-order valence-corrected chi connectivity index (χ2v) is 3.41. The minimum Gasteiger partial charge on any atom is -0.351 e. The van der Waals surface area contributed by atoms with Gasteiger partial charge in [0, 0.05) is 13.1 Å². The summed E-state index contributed by atoms with van der Waals surface area (Å²) in [6.07, 6.45) is 6.11. The summed E-state index contributed by atoms with van der Waals surface area (Å²) < 4.78 is 0. The van der Waals surface area contributed by atoms with Crippen LogP contribution in [0.2, 0.25) is 0 Å². The highest BCUT2D eigenvalue weighted by molar-refractivity contribution is 8.13. The summed E-state index contributed by atoms with van der Waals surface area (Å²) in [5, 5.41) is 9.29. The molecular formula is C9H17N3S. The topological polar surface area (TPSA) is 39.4 Å². The van der Waals surface area contributed by atoms with Crippen LogP contribution in [0.4, 0.5) is 0 Å². The van der Waals surface area contributed by atoms with Crippen molar-refractivity contribution in [3.63, 3.8) is 0 Å². The highest BCUT2D eigenvalue weighted by Gasteiger charge is 2.06. The number of aliphatic imine (C=N–C) groups is 1. The molecule has 4 heteroatoms. The molecule has 0 fully saturated rings. The minimum atomic E-state index is 0.832. The van der Waals surface area contributed by atoms with Gasteiger partial charge in [0.1, 0.15) is 0 Å². The first kappa shape index (κ1) is 12.3. The van der Waals surface area contributed by atoms with Crippen LogP contribution in [0.3, 0.4) is 0 Å². The Kier molecular flexibility index (Phi) is 7.51. The average Bonchev–Trinajstić information content (AvgIpc) is 2.17. The number of rotatable bonds is 4. The molecule has 74 valence electrons. The Balaban J connectivity index is 4.19. The fourth-order valence-electron chi connectivity index (χ4n) is 1.03. The number of thioether (sulfide) groups is 1. The molecule has 0 aromatic heterocycles. The third-order valence-electron chi connectivity index (χ3n) is 1.76. The van der Waals surface area contributed by atoms with Gasteiger partial charge < -0.3 is 4.90 Å². The summed E-state index contributed by atoms with van der Waals surface area (Å²) in [4.78, 5) is 5.91. The molecule has 0 aromatic carbocycles. The lowest BCUT2D eigenvalue weighted by atomic mass is 10.3. The Morgan fingerprint density at radius 3 is 2.62 bits per heavy atom. The van der Waals surface area contributed by atoms with E-state index >= 15 is 0 Å². The molecule has 0 aliphatic carbocycles. The van der Waals surface area contributed by atoms with E-state index in [1.807, 2.05) is 12.4 Å². The molecule has 3 nitrogen and oxygen atoms in total. The second-order valence-electron chi connectivity index (χ2n) is 2.63. The van der Waals surface area contributed by atoms with E-state index in [0.29, 0.717) is 0 Å². The molecule has 0 amide bonds.